The van der Waals surface area contributed by atoms with Crippen molar-refractivity contribution in [1.29, 1.82) is 0 Å². The van der Waals surface area contributed by atoms with Crippen LogP contribution in [0.15, 0.2) is 24.3 Å². The molecule has 110 valence electrons. The fourth-order valence-electron chi connectivity index (χ4n) is 2.64. The third-order valence-electron chi connectivity index (χ3n) is 3.76. The highest BCUT2D eigenvalue weighted by atomic mass is 35.5. The average molecular weight is 307 g/mol. The number of carboxylic acids is 1. The monoisotopic (exact) mass is 306 g/mol. The van der Waals surface area contributed by atoms with E-state index in [2.05, 4.69) is 5.10 Å². The number of ether oxygens (including phenoxy) is 1. The van der Waals surface area contributed by atoms with Gasteiger partial charge in [0.25, 0.3) is 0 Å². The van der Waals surface area contributed by atoms with Gasteiger partial charge in [0.2, 0.25) is 0 Å². The van der Waals surface area contributed by atoms with E-state index in [9.17, 15) is 4.79 Å². The lowest BCUT2D eigenvalue weighted by Gasteiger charge is -2.12. The molecule has 1 atom stereocenters. The van der Waals surface area contributed by atoms with Crippen LogP contribution in [-0.2, 0) is 11.8 Å². The van der Waals surface area contributed by atoms with Crippen molar-refractivity contribution in [2.24, 2.45) is 7.05 Å². The zero-order valence-corrected chi connectivity index (χ0v) is 12.3. The molecule has 0 bridgehead atoms. The van der Waals surface area contributed by atoms with E-state index in [1.807, 2.05) is 18.2 Å². The standard InChI is InChI=1S/C15H15ClN2O3/c1-18-14(7-13(17-18)15(19)20)9-2-3-11(12(16)6-9)10-4-5-21-8-10/h2-3,6-7,10H,4-5,8H2,1H3,(H,19,20). The minimum absolute atomic E-state index is 0.0249. The molecule has 21 heavy (non-hydrogen) atoms. The Morgan fingerprint density at radius 1 is 1.48 bits per heavy atom. The number of aryl methyl sites for hydroxylation is 1. The molecule has 1 aromatic carbocycles. The van der Waals surface area contributed by atoms with Gasteiger partial charge in [0.15, 0.2) is 5.69 Å². The highest BCUT2D eigenvalue weighted by Crippen LogP contribution is 2.33. The quantitative estimate of drug-likeness (QED) is 0.947. The number of benzene rings is 1. The second-order valence-electron chi connectivity index (χ2n) is 5.14. The molecule has 2 heterocycles. The number of hydrogen-bond acceptors (Lipinski definition) is 3. The Labute approximate surface area is 127 Å². The molecular weight excluding hydrogens is 292 g/mol. The average Bonchev–Trinajstić information content (AvgIpc) is 3.07. The van der Waals surface area contributed by atoms with Crippen molar-refractivity contribution in [2.45, 2.75) is 12.3 Å². The summed E-state index contributed by atoms with van der Waals surface area (Å²) in [5, 5.41) is 13.6. The summed E-state index contributed by atoms with van der Waals surface area (Å²) < 4.78 is 6.94. The first kappa shape index (κ1) is 14.1. The fraction of sp³-hybridized carbons (Fsp3) is 0.333. The van der Waals surface area contributed by atoms with Crippen molar-refractivity contribution < 1.29 is 14.6 Å². The summed E-state index contributed by atoms with van der Waals surface area (Å²) in [5.41, 5.74) is 2.68. The van der Waals surface area contributed by atoms with E-state index in [0.29, 0.717) is 17.5 Å². The van der Waals surface area contributed by atoms with Crippen LogP contribution in [0.2, 0.25) is 5.02 Å². The number of halogens is 1. The zero-order valence-electron chi connectivity index (χ0n) is 11.5. The Hall–Kier alpha value is -1.85. The molecule has 5 nitrogen and oxygen atoms in total. The number of aromatic carboxylic acids is 1. The van der Waals surface area contributed by atoms with Crippen LogP contribution < -0.4 is 0 Å². The van der Waals surface area contributed by atoms with Crippen molar-refractivity contribution in [2.75, 3.05) is 13.2 Å². The molecule has 2 aromatic rings. The number of hydrogen-bond donors (Lipinski definition) is 1. The lowest BCUT2D eigenvalue weighted by Crippen LogP contribution is -2.00. The number of rotatable bonds is 3. The third-order valence-corrected chi connectivity index (χ3v) is 4.09. The maximum Gasteiger partial charge on any atom is 0.356 e. The van der Waals surface area contributed by atoms with Crippen LogP contribution in [-0.4, -0.2) is 34.1 Å². The van der Waals surface area contributed by atoms with Crippen molar-refractivity contribution in [3.8, 4) is 11.3 Å². The van der Waals surface area contributed by atoms with E-state index in [-0.39, 0.29) is 5.69 Å². The van der Waals surface area contributed by atoms with Crippen molar-refractivity contribution >= 4 is 17.6 Å². The van der Waals surface area contributed by atoms with Crippen LogP contribution in [0.25, 0.3) is 11.3 Å². The van der Waals surface area contributed by atoms with Crippen LogP contribution in [0.3, 0.4) is 0 Å². The molecule has 1 aromatic heterocycles. The van der Waals surface area contributed by atoms with Crippen LogP contribution in [0.4, 0.5) is 0 Å². The minimum atomic E-state index is -1.04. The number of nitrogens with zero attached hydrogens (tertiary/aromatic N) is 2. The highest BCUT2D eigenvalue weighted by molar-refractivity contribution is 6.31. The van der Waals surface area contributed by atoms with Gasteiger partial charge < -0.3 is 9.84 Å². The summed E-state index contributed by atoms with van der Waals surface area (Å²) in [5.74, 6) is -0.699. The summed E-state index contributed by atoms with van der Waals surface area (Å²) >= 11 is 6.38. The van der Waals surface area contributed by atoms with Gasteiger partial charge in [-0.25, -0.2) is 4.79 Å². The topological polar surface area (TPSA) is 64.4 Å². The summed E-state index contributed by atoms with van der Waals surface area (Å²) in [6.07, 6.45) is 0.980. The smallest absolute Gasteiger partial charge is 0.356 e. The van der Waals surface area contributed by atoms with Crippen LogP contribution >= 0.6 is 11.6 Å². The first-order valence-corrected chi connectivity index (χ1v) is 7.09. The molecule has 1 unspecified atom stereocenters. The van der Waals surface area contributed by atoms with E-state index < -0.39 is 5.97 Å². The van der Waals surface area contributed by atoms with Gasteiger partial charge in [-0.15, -0.1) is 0 Å². The maximum atomic E-state index is 11.0. The van der Waals surface area contributed by atoms with Gasteiger partial charge in [-0.1, -0.05) is 23.7 Å². The Balaban J connectivity index is 1.96. The fourth-order valence-corrected chi connectivity index (χ4v) is 2.97. The molecule has 0 aliphatic carbocycles. The molecule has 3 rings (SSSR count). The molecule has 1 fully saturated rings. The highest BCUT2D eigenvalue weighted by Gasteiger charge is 2.21. The normalized spacial score (nSPS) is 18.1. The summed E-state index contributed by atoms with van der Waals surface area (Å²) in [7, 11) is 1.72. The lowest BCUT2D eigenvalue weighted by atomic mass is 9.96. The first-order valence-electron chi connectivity index (χ1n) is 6.71. The molecule has 1 aliphatic rings. The molecule has 1 aliphatic heterocycles. The second-order valence-corrected chi connectivity index (χ2v) is 5.55. The number of carbonyl (C=O) groups is 1. The third kappa shape index (κ3) is 2.66. The number of aromatic nitrogens is 2. The van der Waals surface area contributed by atoms with Crippen LogP contribution in [0.1, 0.15) is 28.4 Å². The summed E-state index contributed by atoms with van der Waals surface area (Å²) in [6.45, 7) is 1.47. The molecule has 0 radical (unpaired) electrons. The molecular formula is C15H15ClN2O3. The second kappa shape index (κ2) is 5.50. The summed E-state index contributed by atoms with van der Waals surface area (Å²) in [6, 6.07) is 7.34. The van der Waals surface area contributed by atoms with Crippen LogP contribution in [0.5, 0.6) is 0 Å². The van der Waals surface area contributed by atoms with Gasteiger partial charge in [-0.05, 0) is 24.1 Å². The van der Waals surface area contributed by atoms with Crippen molar-refractivity contribution in [3.05, 3.63) is 40.5 Å². The maximum absolute atomic E-state index is 11.0. The minimum Gasteiger partial charge on any atom is -0.476 e. The van der Waals surface area contributed by atoms with Crippen LogP contribution in [0, 0.1) is 0 Å². The van der Waals surface area contributed by atoms with E-state index in [1.54, 1.807) is 17.8 Å². The van der Waals surface area contributed by atoms with E-state index in [0.717, 1.165) is 29.8 Å². The lowest BCUT2D eigenvalue weighted by molar-refractivity contribution is 0.0689. The Morgan fingerprint density at radius 3 is 2.86 bits per heavy atom. The van der Waals surface area contributed by atoms with Gasteiger partial charge in [0.05, 0.1) is 12.3 Å². The Morgan fingerprint density at radius 2 is 2.29 bits per heavy atom. The largest absolute Gasteiger partial charge is 0.476 e. The molecule has 1 saturated heterocycles. The molecule has 0 saturated carbocycles. The predicted octanol–water partition coefficient (Wildman–Crippen LogP) is 2.94. The van der Waals surface area contributed by atoms with Gasteiger partial charge in [0.1, 0.15) is 0 Å². The van der Waals surface area contributed by atoms with E-state index in [1.165, 1.54) is 0 Å². The molecule has 0 amide bonds. The van der Waals surface area contributed by atoms with E-state index >= 15 is 0 Å². The Kier molecular flexibility index (Phi) is 3.69. The molecule has 6 heteroatoms. The van der Waals surface area contributed by atoms with Gasteiger partial charge in [0, 0.05) is 30.2 Å². The zero-order chi connectivity index (χ0) is 15.0. The molecule has 0 spiro atoms. The molecule has 1 N–H and O–H groups in total. The van der Waals surface area contributed by atoms with E-state index in [4.69, 9.17) is 21.4 Å². The SMILES string of the molecule is Cn1nc(C(=O)O)cc1-c1ccc(C2CCOC2)c(Cl)c1. The first-order chi connectivity index (χ1) is 10.1. The van der Waals surface area contributed by atoms with Crippen molar-refractivity contribution in [3.63, 3.8) is 0 Å². The van der Waals surface area contributed by atoms with Gasteiger partial charge in [-0.3, -0.25) is 4.68 Å². The van der Waals surface area contributed by atoms with Gasteiger partial charge in [-0.2, -0.15) is 5.10 Å². The predicted molar refractivity (Wildman–Crippen MR) is 78.8 cm³/mol. The van der Waals surface area contributed by atoms with Gasteiger partial charge >= 0.3 is 5.97 Å². The Bertz CT molecular complexity index is 690. The summed E-state index contributed by atoms with van der Waals surface area (Å²) in [4.78, 5) is 11.0. The number of carboxylic acid groups (broad SMARTS) is 1. The van der Waals surface area contributed by atoms with Crippen molar-refractivity contribution in [1.82, 2.24) is 9.78 Å².